The molecule has 1 aromatic carbocycles. The summed E-state index contributed by atoms with van der Waals surface area (Å²) in [6, 6.07) is 4.92. The van der Waals surface area contributed by atoms with Gasteiger partial charge in [0.25, 0.3) is 5.91 Å². The summed E-state index contributed by atoms with van der Waals surface area (Å²) in [4.78, 5) is 13.2. The van der Waals surface area contributed by atoms with E-state index in [9.17, 15) is 9.90 Å². The van der Waals surface area contributed by atoms with E-state index in [4.69, 9.17) is 10.8 Å². The van der Waals surface area contributed by atoms with Crippen LogP contribution in [0, 0.1) is 0 Å². The molecule has 5 N–H and O–H groups in total. The molecule has 1 rings (SSSR count). The van der Waals surface area contributed by atoms with Gasteiger partial charge in [-0.05, 0) is 18.2 Å². The predicted molar refractivity (Wildman–Crippen MR) is 70.5 cm³/mol. The largest absolute Gasteiger partial charge is 0.397 e. The van der Waals surface area contributed by atoms with Crippen molar-refractivity contribution in [2.75, 3.05) is 38.3 Å². The lowest BCUT2D eigenvalue weighted by Gasteiger charge is -2.14. The predicted octanol–water partition coefficient (Wildman–Crippen LogP) is -0.264. The third kappa shape index (κ3) is 3.61. The maximum atomic E-state index is 11.7. The highest BCUT2D eigenvalue weighted by Crippen LogP contribution is 2.20. The molecule has 0 aliphatic carbocycles. The van der Waals surface area contributed by atoms with E-state index in [0.29, 0.717) is 16.9 Å². The average Bonchev–Trinajstić information content (AvgIpc) is 2.35. The van der Waals surface area contributed by atoms with E-state index in [0.717, 1.165) is 0 Å². The second-order valence-corrected chi connectivity index (χ2v) is 4.22. The highest BCUT2D eigenvalue weighted by Gasteiger charge is 2.10. The molecule has 18 heavy (non-hydrogen) atoms. The molecular formula is C12H19N3O3. The standard InChI is InChI=1S/C12H19N3O3/c1-15(2)12(18)8-3-4-11(10(13)5-8)14-6-9(17)7-16/h3-5,9,14,16-17H,6-7,13H2,1-2H3. The van der Waals surface area contributed by atoms with Crippen LogP contribution in [0.25, 0.3) is 0 Å². The number of benzene rings is 1. The molecule has 0 heterocycles. The molecule has 0 aliphatic rings. The molecule has 6 heteroatoms. The number of rotatable bonds is 5. The molecule has 0 saturated carbocycles. The normalized spacial score (nSPS) is 12.0. The van der Waals surface area contributed by atoms with Crippen molar-refractivity contribution in [2.45, 2.75) is 6.10 Å². The fourth-order valence-corrected chi connectivity index (χ4v) is 1.41. The number of amides is 1. The van der Waals surface area contributed by atoms with E-state index in [1.54, 1.807) is 32.3 Å². The summed E-state index contributed by atoms with van der Waals surface area (Å²) in [5, 5.41) is 20.8. The first-order chi connectivity index (χ1) is 8.45. The van der Waals surface area contributed by atoms with Crippen LogP contribution in [-0.2, 0) is 0 Å². The molecule has 100 valence electrons. The van der Waals surface area contributed by atoms with Gasteiger partial charge >= 0.3 is 0 Å². The summed E-state index contributed by atoms with van der Waals surface area (Å²) >= 11 is 0. The summed E-state index contributed by atoms with van der Waals surface area (Å²) in [6.07, 6.45) is -0.840. The van der Waals surface area contributed by atoms with Crippen molar-refractivity contribution < 1.29 is 15.0 Å². The number of hydrogen-bond donors (Lipinski definition) is 4. The number of carbonyl (C=O) groups is 1. The average molecular weight is 253 g/mol. The molecular weight excluding hydrogens is 234 g/mol. The zero-order valence-corrected chi connectivity index (χ0v) is 10.6. The minimum absolute atomic E-state index is 0.122. The number of anilines is 2. The molecule has 0 spiro atoms. The zero-order chi connectivity index (χ0) is 13.7. The molecule has 0 aliphatic heterocycles. The first-order valence-electron chi connectivity index (χ1n) is 5.59. The SMILES string of the molecule is CN(C)C(=O)c1ccc(NCC(O)CO)c(N)c1. The summed E-state index contributed by atoms with van der Waals surface area (Å²) in [5.74, 6) is -0.122. The van der Waals surface area contributed by atoms with Gasteiger partial charge < -0.3 is 26.2 Å². The number of aliphatic hydroxyl groups is 2. The smallest absolute Gasteiger partial charge is 0.253 e. The van der Waals surface area contributed by atoms with Crippen LogP contribution in [-0.4, -0.2) is 54.4 Å². The zero-order valence-electron chi connectivity index (χ0n) is 10.6. The van der Waals surface area contributed by atoms with Crippen molar-refractivity contribution in [1.82, 2.24) is 4.90 Å². The van der Waals surface area contributed by atoms with Gasteiger partial charge in [0.05, 0.1) is 24.1 Å². The first-order valence-corrected chi connectivity index (χ1v) is 5.59. The summed E-state index contributed by atoms with van der Waals surface area (Å²) in [5.41, 5.74) is 7.36. The summed E-state index contributed by atoms with van der Waals surface area (Å²) in [7, 11) is 3.34. The van der Waals surface area contributed by atoms with Crippen molar-refractivity contribution in [1.29, 1.82) is 0 Å². The monoisotopic (exact) mass is 253 g/mol. The van der Waals surface area contributed by atoms with Gasteiger partial charge in [-0.25, -0.2) is 0 Å². The first kappa shape index (κ1) is 14.3. The molecule has 1 aromatic rings. The van der Waals surface area contributed by atoms with Crippen LogP contribution in [0.15, 0.2) is 18.2 Å². The van der Waals surface area contributed by atoms with Crippen LogP contribution in [0.5, 0.6) is 0 Å². The Morgan fingerprint density at radius 2 is 2.17 bits per heavy atom. The second kappa shape index (κ2) is 6.23. The van der Waals surface area contributed by atoms with Gasteiger partial charge in [0.2, 0.25) is 0 Å². The number of nitrogens with one attached hydrogen (secondary N) is 1. The van der Waals surface area contributed by atoms with E-state index < -0.39 is 6.10 Å². The van der Waals surface area contributed by atoms with Gasteiger partial charge in [-0.15, -0.1) is 0 Å². The third-order valence-corrected chi connectivity index (χ3v) is 2.44. The lowest BCUT2D eigenvalue weighted by atomic mass is 10.1. The highest BCUT2D eigenvalue weighted by atomic mass is 16.3. The van der Waals surface area contributed by atoms with Crippen molar-refractivity contribution >= 4 is 17.3 Å². The maximum absolute atomic E-state index is 11.7. The molecule has 1 atom stereocenters. The summed E-state index contributed by atoms with van der Waals surface area (Å²) in [6.45, 7) is -0.119. The maximum Gasteiger partial charge on any atom is 0.253 e. The van der Waals surface area contributed by atoms with Crippen molar-refractivity contribution in [3.8, 4) is 0 Å². The Labute approximate surface area is 106 Å². The number of aliphatic hydroxyl groups excluding tert-OH is 2. The number of nitrogen functional groups attached to an aromatic ring is 1. The van der Waals surface area contributed by atoms with E-state index in [1.165, 1.54) is 4.90 Å². The lowest BCUT2D eigenvalue weighted by molar-refractivity contribution is 0.0827. The summed E-state index contributed by atoms with van der Waals surface area (Å²) < 4.78 is 0. The van der Waals surface area contributed by atoms with Crippen LogP contribution in [0.1, 0.15) is 10.4 Å². The molecule has 0 bridgehead atoms. The van der Waals surface area contributed by atoms with Gasteiger partial charge in [-0.3, -0.25) is 4.79 Å². The Morgan fingerprint density at radius 1 is 1.50 bits per heavy atom. The van der Waals surface area contributed by atoms with Crippen LogP contribution in [0.3, 0.4) is 0 Å². The Morgan fingerprint density at radius 3 is 2.67 bits per heavy atom. The van der Waals surface area contributed by atoms with Gasteiger partial charge in [0.15, 0.2) is 0 Å². The molecule has 0 aromatic heterocycles. The van der Waals surface area contributed by atoms with Crippen molar-refractivity contribution in [2.24, 2.45) is 0 Å². The Kier molecular flexibility index (Phi) is 4.94. The Hall–Kier alpha value is -1.79. The Balaban J connectivity index is 2.77. The van der Waals surface area contributed by atoms with Crippen LogP contribution in [0.4, 0.5) is 11.4 Å². The van der Waals surface area contributed by atoms with E-state index >= 15 is 0 Å². The van der Waals surface area contributed by atoms with Gasteiger partial charge in [-0.2, -0.15) is 0 Å². The molecule has 1 unspecified atom stereocenters. The van der Waals surface area contributed by atoms with Crippen LogP contribution < -0.4 is 11.1 Å². The number of carbonyl (C=O) groups excluding carboxylic acids is 1. The number of nitrogens with zero attached hydrogens (tertiary/aromatic N) is 1. The second-order valence-electron chi connectivity index (χ2n) is 4.22. The molecule has 0 radical (unpaired) electrons. The van der Waals surface area contributed by atoms with Crippen LogP contribution >= 0.6 is 0 Å². The van der Waals surface area contributed by atoms with E-state index in [-0.39, 0.29) is 19.1 Å². The molecule has 0 fully saturated rings. The van der Waals surface area contributed by atoms with Gasteiger partial charge in [-0.1, -0.05) is 0 Å². The fraction of sp³-hybridized carbons (Fsp3) is 0.417. The van der Waals surface area contributed by atoms with Gasteiger partial charge in [0.1, 0.15) is 0 Å². The quantitative estimate of drug-likeness (QED) is 0.542. The molecule has 1 amide bonds. The lowest BCUT2D eigenvalue weighted by Crippen LogP contribution is -2.24. The fourth-order valence-electron chi connectivity index (χ4n) is 1.41. The van der Waals surface area contributed by atoms with E-state index in [1.807, 2.05) is 0 Å². The molecule has 0 saturated heterocycles. The van der Waals surface area contributed by atoms with Crippen molar-refractivity contribution in [3.05, 3.63) is 23.8 Å². The molecule has 6 nitrogen and oxygen atoms in total. The minimum Gasteiger partial charge on any atom is -0.397 e. The van der Waals surface area contributed by atoms with Gasteiger partial charge in [0, 0.05) is 26.2 Å². The van der Waals surface area contributed by atoms with Crippen LogP contribution in [0.2, 0.25) is 0 Å². The highest BCUT2D eigenvalue weighted by molar-refractivity contribution is 5.95. The minimum atomic E-state index is -0.840. The van der Waals surface area contributed by atoms with E-state index in [2.05, 4.69) is 5.32 Å². The number of nitrogens with two attached hydrogens (primary N) is 1. The topological polar surface area (TPSA) is 98.8 Å². The number of hydrogen-bond acceptors (Lipinski definition) is 5. The Bertz CT molecular complexity index is 421. The third-order valence-electron chi connectivity index (χ3n) is 2.44. The van der Waals surface area contributed by atoms with Crippen molar-refractivity contribution in [3.63, 3.8) is 0 Å².